The molecule has 2 aliphatic carbocycles. The highest BCUT2D eigenvalue weighted by Crippen LogP contribution is 2.40. The van der Waals surface area contributed by atoms with Gasteiger partial charge >= 0.3 is 12.2 Å². The van der Waals surface area contributed by atoms with E-state index in [1.54, 1.807) is 0 Å². The largest absolute Gasteiger partial charge is 0.444 e. The molecule has 8 nitrogen and oxygen atoms in total. The summed E-state index contributed by atoms with van der Waals surface area (Å²) in [5, 5.41) is 12.6. The van der Waals surface area contributed by atoms with Crippen molar-refractivity contribution in [2.45, 2.75) is 114 Å². The van der Waals surface area contributed by atoms with Crippen LogP contribution in [0, 0.1) is 0 Å². The van der Waals surface area contributed by atoms with Crippen molar-refractivity contribution in [1.82, 2.24) is 21.3 Å². The lowest BCUT2D eigenvalue weighted by atomic mass is 9.66. The Morgan fingerprint density at radius 3 is 1.23 bits per heavy atom. The molecule has 2 spiro atoms. The molecule has 0 aromatic carbocycles. The Balaban J connectivity index is 0.000000171. The summed E-state index contributed by atoms with van der Waals surface area (Å²) < 4.78 is 10.4. The highest BCUT2D eigenvalue weighted by molar-refractivity contribution is 5.68. The average molecular weight is 425 g/mol. The van der Waals surface area contributed by atoms with Crippen molar-refractivity contribution >= 4 is 12.2 Å². The minimum absolute atomic E-state index is 0.290. The Morgan fingerprint density at radius 2 is 1.03 bits per heavy atom. The van der Waals surface area contributed by atoms with Crippen LogP contribution in [0.5, 0.6) is 0 Å². The molecule has 0 aromatic heterocycles. The van der Waals surface area contributed by atoms with Crippen LogP contribution >= 0.6 is 0 Å². The quantitative estimate of drug-likeness (QED) is 0.544. The standard InChI is InChI=1S/2C11H20N2O2/c2*1-10(2,3)15-9(14)13-8-6-11(7-8)4-5-12-11/h2*8,12H,4-7H2,1-3H3,(H,13,14). The number of hydrogen-bond acceptors (Lipinski definition) is 6. The van der Waals surface area contributed by atoms with Crippen molar-refractivity contribution in [3.05, 3.63) is 0 Å². The molecule has 4 rings (SSSR count). The molecule has 4 aliphatic rings. The molecule has 0 atom stereocenters. The van der Waals surface area contributed by atoms with Gasteiger partial charge in [0.15, 0.2) is 0 Å². The average Bonchev–Trinajstić information content (AvgIpc) is 2.38. The van der Waals surface area contributed by atoms with Crippen LogP contribution in [-0.2, 0) is 9.47 Å². The van der Waals surface area contributed by atoms with Gasteiger partial charge in [0.2, 0.25) is 0 Å². The van der Waals surface area contributed by atoms with Gasteiger partial charge < -0.3 is 30.7 Å². The van der Waals surface area contributed by atoms with Gasteiger partial charge in [-0.05, 0) is 93.2 Å². The topological polar surface area (TPSA) is 101 Å². The van der Waals surface area contributed by atoms with Gasteiger partial charge in [-0.25, -0.2) is 9.59 Å². The highest BCUT2D eigenvalue weighted by atomic mass is 16.6. The molecule has 0 radical (unpaired) electrons. The van der Waals surface area contributed by atoms with Gasteiger partial charge in [0.25, 0.3) is 0 Å². The first-order chi connectivity index (χ1) is 13.8. The van der Waals surface area contributed by atoms with Crippen molar-refractivity contribution in [3.8, 4) is 0 Å². The normalized spacial score (nSPS) is 34.2. The molecule has 0 bridgehead atoms. The zero-order valence-electron chi connectivity index (χ0n) is 19.4. The maximum atomic E-state index is 11.4. The fraction of sp³-hybridized carbons (Fsp3) is 0.909. The monoisotopic (exact) mass is 424 g/mol. The van der Waals surface area contributed by atoms with Gasteiger partial charge in [-0.3, -0.25) is 0 Å². The molecule has 8 heteroatoms. The summed E-state index contributed by atoms with van der Waals surface area (Å²) in [4.78, 5) is 22.9. The van der Waals surface area contributed by atoms with E-state index in [1.165, 1.54) is 12.8 Å². The molecule has 0 unspecified atom stereocenters. The molecule has 2 saturated carbocycles. The van der Waals surface area contributed by atoms with Crippen molar-refractivity contribution in [2.24, 2.45) is 0 Å². The van der Waals surface area contributed by atoms with Gasteiger partial charge in [0.1, 0.15) is 11.2 Å². The summed E-state index contributed by atoms with van der Waals surface area (Å²) >= 11 is 0. The first-order valence-electron chi connectivity index (χ1n) is 11.3. The van der Waals surface area contributed by atoms with E-state index in [-0.39, 0.29) is 12.2 Å². The predicted octanol–water partition coefficient (Wildman–Crippen LogP) is 2.81. The summed E-state index contributed by atoms with van der Waals surface area (Å²) in [6, 6.07) is 0.597. The van der Waals surface area contributed by atoms with E-state index in [1.807, 2.05) is 41.5 Å². The van der Waals surface area contributed by atoms with Crippen LogP contribution in [0.1, 0.15) is 80.1 Å². The van der Waals surface area contributed by atoms with Crippen molar-refractivity contribution in [1.29, 1.82) is 0 Å². The number of carbonyl (C=O) groups excluding carboxylic acids is 2. The molecule has 30 heavy (non-hydrogen) atoms. The van der Waals surface area contributed by atoms with E-state index in [0.29, 0.717) is 23.2 Å². The smallest absolute Gasteiger partial charge is 0.407 e. The minimum Gasteiger partial charge on any atom is -0.444 e. The molecule has 0 aromatic rings. The number of alkyl carbamates (subject to hydrolysis) is 2. The lowest BCUT2D eigenvalue weighted by molar-refractivity contribution is 0.0271. The summed E-state index contributed by atoms with van der Waals surface area (Å²) in [6.07, 6.45) is 6.11. The Hall–Kier alpha value is -1.54. The molecule has 172 valence electrons. The van der Waals surface area contributed by atoms with Crippen LogP contribution in [0.2, 0.25) is 0 Å². The molecule has 2 aliphatic heterocycles. The second-order valence-corrected chi connectivity index (χ2v) is 11.4. The summed E-state index contributed by atoms with van der Waals surface area (Å²) in [5.74, 6) is 0. The van der Waals surface area contributed by atoms with Gasteiger partial charge in [0.05, 0.1) is 0 Å². The van der Waals surface area contributed by atoms with E-state index in [4.69, 9.17) is 9.47 Å². The Kier molecular flexibility index (Phi) is 6.31. The van der Waals surface area contributed by atoms with E-state index in [2.05, 4.69) is 21.3 Å². The minimum atomic E-state index is -0.403. The van der Waals surface area contributed by atoms with Crippen LogP contribution in [0.3, 0.4) is 0 Å². The third kappa shape index (κ3) is 6.23. The third-order valence-electron chi connectivity index (χ3n) is 6.20. The van der Waals surface area contributed by atoms with Crippen LogP contribution in [0.4, 0.5) is 9.59 Å². The fourth-order valence-corrected chi connectivity index (χ4v) is 4.57. The SMILES string of the molecule is CC(C)(C)OC(=O)NC1CC2(CCN2)C1.CC(C)(C)OC(=O)NC1CC2(CCN2)C1. The second-order valence-electron chi connectivity index (χ2n) is 11.4. The first kappa shape index (κ1) is 23.1. The van der Waals surface area contributed by atoms with Gasteiger partial charge in [0, 0.05) is 23.2 Å². The first-order valence-corrected chi connectivity index (χ1v) is 11.3. The third-order valence-corrected chi connectivity index (χ3v) is 6.20. The maximum Gasteiger partial charge on any atom is 0.407 e. The van der Waals surface area contributed by atoms with Crippen LogP contribution in [0.25, 0.3) is 0 Å². The van der Waals surface area contributed by atoms with E-state index >= 15 is 0 Å². The van der Waals surface area contributed by atoms with E-state index < -0.39 is 11.2 Å². The van der Waals surface area contributed by atoms with Crippen LogP contribution in [-0.4, -0.2) is 59.6 Å². The van der Waals surface area contributed by atoms with Crippen molar-refractivity contribution < 1.29 is 19.1 Å². The summed E-state index contributed by atoms with van der Waals surface area (Å²) in [7, 11) is 0. The Morgan fingerprint density at radius 1 is 0.733 bits per heavy atom. The van der Waals surface area contributed by atoms with Gasteiger partial charge in [-0.2, -0.15) is 0 Å². The highest BCUT2D eigenvalue weighted by Gasteiger charge is 2.49. The van der Waals surface area contributed by atoms with Crippen molar-refractivity contribution in [2.75, 3.05) is 13.1 Å². The number of rotatable bonds is 2. The molecule has 2 heterocycles. The Bertz CT molecular complexity index is 573. The number of hydrogen-bond donors (Lipinski definition) is 4. The summed E-state index contributed by atoms with van der Waals surface area (Å²) in [5.41, 5.74) is -0.0835. The number of carbonyl (C=O) groups is 2. The molecule has 2 amide bonds. The van der Waals surface area contributed by atoms with Crippen molar-refractivity contribution in [3.63, 3.8) is 0 Å². The van der Waals surface area contributed by atoms with Crippen LogP contribution < -0.4 is 21.3 Å². The number of ether oxygens (including phenoxy) is 2. The zero-order chi connectivity index (χ0) is 22.2. The zero-order valence-corrected chi connectivity index (χ0v) is 19.4. The second kappa shape index (κ2) is 8.19. The molecule has 4 N–H and O–H groups in total. The molecule has 4 fully saturated rings. The fourth-order valence-electron chi connectivity index (χ4n) is 4.57. The van der Waals surface area contributed by atoms with E-state index in [0.717, 1.165) is 38.8 Å². The van der Waals surface area contributed by atoms with Crippen LogP contribution in [0.15, 0.2) is 0 Å². The van der Waals surface area contributed by atoms with Gasteiger partial charge in [-0.15, -0.1) is 0 Å². The van der Waals surface area contributed by atoms with E-state index in [9.17, 15) is 9.59 Å². The molecule has 2 saturated heterocycles. The Labute approximate surface area is 180 Å². The molecular formula is C22H40N4O4. The lowest BCUT2D eigenvalue weighted by Gasteiger charge is -2.54. The molecular weight excluding hydrogens is 384 g/mol. The number of amides is 2. The van der Waals surface area contributed by atoms with Gasteiger partial charge in [-0.1, -0.05) is 0 Å². The summed E-state index contributed by atoms with van der Waals surface area (Å²) in [6.45, 7) is 13.5. The predicted molar refractivity (Wildman–Crippen MR) is 115 cm³/mol. The maximum absolute atomic E-state index is 11.4. The lowest BCUT2D eigenvalue weighted by Crippen LogP contribution is -2.69. The number of nitrogens with one attached hydrogen (secondary N) is 4.